The van der Waals surface area contributed by atoms with Crippen molar-refractivity contribution in [3.8, 4) is 11.8 Å². The van der Waals surface area contributed by atoms with E-state index in [2.05, 4.69) is 0 Å². The van der Waals surface area contributed by atoms with Gasteiger partial charge in [0.2, 0.25) is 5.76 Å². The number of carbonyl (C=O) groups is 1. The molecule has 1 aromatic carbocycles. The van der Waals surface area contributed by atoms with Crippen molar-refractivity contribution in [3.05, 3.63) is 29.5 Å². The first-order valence-electron chi connectivity index (χ1n) is 5.74. The maximum absolute atomic E-state index is 11.9. The van der Waals surface area contributed by atoms with E-state index in [0.717, 1.165) is 5.39 Å². The number of hydrogen-bond donors (Lipinski definition) is 0. The van der Waals surface area contributed by atoms with Crippen LogP contribution in [-0.4, -0.2) is 19.2 Å². The molecule has 0 spiro atoms. The highest BCUT2D eigenvalue weighted by Gasteiger charge is 2.21. The molecule has 1 atom stereocenters. The van der Waals surface area contributed by atoms with Gasteiger partial charge in [0.15, 0.2) is 6.10 Å². The molecule has 1 aromatic heterocycles. The third-order valence-corrected chi connectivity index (χ3v) is 2.79. The molecule has 0 aliphatic heterocycles. The molecule has 0 N–H and O–H groups in total. The Morgan fingerprint density at radius 1 is 1.47 bits per heavy atom. The molecule has 0 saturated carbocycles. The van der Waals surface area contributed by atoms with Crippen molar-refractivity contribution < 1.29 is 18.7 Å². The molecule has 0 bridgehead atoms. The van der Waals surface area contributed by atoms with E-state index >= 15 is 0 Å². The number of esters is 1. The second-order valence-electron chi connectivity index (χ2n) is 4.09. The van der Waals surface area contributed by atoms with Crippen molar-refractivity contribution in [2.45, 2.75) is 20.0 Å². The molecular weight excluding hydrogens is 246 g/mol. The molecule has 0 unspecified atom stereocenters. The maximum atomic E-state index is 11.9. The summed E-state index contributed by atoms with van der Waals surface area (Å²) in [5.41, 5.74) is 1.25. The van der Waals surface area contributed by atoms with Gasteiger partial charge in [0.05, 0.1) is 7.11 Å². The molecule has 0 fully saturated rings. The molecule has 0 aliphatic carbocycles. The molecule has 5 nitrogen and oxygen atoms in total. The minimum absolute atomic E-state index is 0.116. The Hall–Kier alpha value is -2.48. The second kappa shape index (κ2) is 5.02. The lowest BCUT2D eigenvalue weighted by Gasteiger charge is -2.03. The number of rotatable bonds is 3. The van der Waals surface area contributed by atoms with Crippen molar-refractivity contribution in [2.75, 3.05) is 7.11 Å². The largest absolute Gasteiger partial charge is 0.497 e. The van der Waals surface area contributed by atoms with Crippen molar-refractivity contribution in [2.24, 2.45) is 0 Å². The van der Waals surface area contributed by atoms with Gasteiger partial charge in [0.25, 0.3) is 0 Å². The van der Waals surface area contributed by atoms with Gasteiger partial charge in [-0.15, -0.1) is 0 Å². The van der Waals surface area contributed by atoms with E-state index in [9.17, 15) is 4.79 Å². The predicted molar refractivity (Wildman–Crippen MR) is 68.0 cm³/mol. The van der Waals surface area contributed by atoms with Gasteiger partial charge in [-0.05, 0) is 32.0 Å². The Bertz CT molecular complexity index is 666. The molecule has 0 radical (unpaired) electrons. The van der Waals surface area contributed by atoms with Gasteiger partial charge in [-0.3, -0.25) is 0 Å². The Balaban J connectivity index is 2.42. The van der Waals surface area contributed by atoms with Crippen LogP contribution in [0.25, 0.3) is 11.0 Å². The van der Waals surface area contributed by atoms with Crippen LogP contribution in [0.15, 0.2) is 22.6 Å². The predicted octanol–water partition coefficient (Wildman–Crippen LogP) is 2.82. The van der Waals surface area contributed by atoms with Gasteiger partial charge in [-0.25, -0.2) is 4.79 Å². The van der Waals surface area contributed by atoms with Crippen LogP contribution in [0.4, 0.5) is 0 Å². The third-order valence-electron chi connectivity index (χ3n) is 2.79. The fourth-order valence-electron chi connectivity index (χ4n) is 1.76. The topological polar surface area (TPSA) is 72.5 Å². The monoisotopic (exact) mass is 259 g/mol. The van der Waals surface area contributed by atoms with Crippen LogP contribution >= 0.6 is 0 Å². The maximum Gasteiger partial charge on any atom is 0.375 e. The zero-order valence-corrected chi connectivity index (χ0v) is 10.9. The zero-order chi connectivity index (χ0) is 14.0. The fourth-order valence-corrected chi connectivity index (χ4v) is 1.76. The van der Waals surface area contributed by atoms with E-state index in [1.807, 2.05) is 6.07 Å². The number of nitrogens with zero attached hydrogens (tertiary/aromatic N) is 1. The summed E-state index contributed by atoms with van der Waals surface area (Å²) in [5.74, 6) is 0.161. The number of furan rings is 1. The molecule has 2 aromatic rings. The molecule has 0 saturated heterocycles. The summed E-state index contributed by atoms with van der Waals surface area (Å²) in [6.45, 7) is 3.26. The number of benzene rings is 1. The molecule has 2 rings (SSSR count). The normalized spacial score (nSPS) is 11.9. The van der Waals surface area contributed by atoms with Gasteiger partial charge in [-0.2, -0.15) is 5.26 Å². The van der Waals surface area contributed by atoms with Crippen LogP contribution in [0.2, 0.25) is 0 Å². The number of carbonyl (C=O) groups excluding carboxylic acids is 1. The van der Waals surface area contributed by atoms with E-state index in [-0.39, 0.29) is 5.76 Å². The number of ether oxygens (including phenoxy) is 2. The standard InChI is InChI=1S/C14H13NO4/c1-8(7-15)18-14(16)13-9(2)11-6-10(17-3)4-5-12(11)19-13/h4-6,8H,1-3H3/t8-/m0/s1. The summed E-state index contributed by atoms with van der Waals surface area (Å²) in [5, 5.41) is 9.42. The first-order valence-corrected chi connectivity index (χ1v) is 5.74. The van der Waals surface area contributed by atoms with Crippen LogP contribution in [0.5, 0.6) is 5.75 Å². The SMILES string of the molecule is COc1ccc2oc(C(=O)O[C@@H](C)C#N)c(C)c2c1. The lowest BCUT2D eigenvalue weighted by atomic mass is 10.1. The van der Waals surface area contributed by atoms with Crippen LogP contribution in [-0.2, 0) is 4.74 Å². The van der Waals surface area contributed by atoms with Crippen molar-refractivity contribution in [1.29, 1.82) is 5.26 Å². The molecule has 1 heterocycles. The van der Waals surface area contributed by atoms with E-state index in [1.165, 1.54) is 6.92 Å². The van der Waals surface area contributed by atoms with E-state index < -0.39 is 12.1 Å². The van der Waals surface area contributed by atoms with E-state index in [4.69, 9.17) is 19.2 Å². The molecule has 98 valence electrons. The number of fused-ring (bicyclic) bond motifs is 1. The number of aryl methyl sites for hydroxylation is 1. The van der Waals surface area contributed by atoms with Gasteiger partial charge in [0, 0.05) is 10.9 Å². The highest BCUT2D eigenvalue weighted by molar-refractivity contribution is 5.96. The Kier molecular flexibility index (Phi) is 3.43. The average molecular weight is 259 g/mol. The second-order valence-corrected chi connectivity index (χ2v) is 4.09. The first-order chi connectivity index (χ1) is 9.06. The lowest BCUT2D eigenvalue weighted by molar-refractivity contribution is 0.0400. The molecule has 19 heavy (non-hydrogen) atoms. The van der Waals surface area contributed by atoms with Gasteiger partial charge in [-0.1, -0.05) is 0 Å². The number of nitriles is 1. The zero-order valence-electron chi connectivity index (χ0n) is 10.9. The number of methoxy groups -OCH3 is 1. The molecule has 0 amide bonds. The van der Waals surface area contributed by atoms with Crippen LogP contribution in [0.3, 0.4) is 0 Å². The summed E-state index contributed by atoms with van der Waals surface area (Å²) in [7, 11) is 1.57. The van der Waals surface area contributed by atoms with E-state index in [1.54, 1.807) is 32.2 Å². The number of hydrogen-bond acceptors (Lipinski definition) is 5. The average Bonchev–Trinajstić information content (AvgIpc) is 2.75. The lowest BCUT2D eigenvalue weighted by Crippen LogP contribution is -2.13. The summed E-state index contributed by atoms with van der Waals surface area (Å²) in [6, 6.07) is 7.10. The fraction of sp³-hybridized carbons (Fsp3) is 0.286. The summed E-state index contributed by atoms with van der Waals surface area (Å²) in [6.07, 6.45) is -0.811. The first kappa shape index (κ1) is 13.0. The third kappa shape index (κ3) is 2.38. The smallest absolute Gasteiger partial charge is 0.375 e. The Labute approximate surface area is 110 Å². The summed E-state index contributed by atoms with van der Waals surface area (Å²) in [4.78, 5) is 11.9. The van der Waals surface area contributed by atoms with Crippen LogP contribution < -0.4 is 4.74 Å². The quantitative estimate of drug-likeness (QED) is 0.792. The Morgan fingerprint density at radius 3 is 2.84 bits per heavy atom. The molecular formula is C14H13NO4. The van der Waals surface area contributed by atoms with Gasteiger partial charge < -0.3 is 13.9 Å². The van der Waals surface area contributed by atoms with Gasteiger partial charge in [0.1, 0.15) is 17.4 Å². The van der Waals surface area contributed by atoms with Crippen LogP contribution in [0, 0.1) is 18.3 Å². The molecule has 0 aliphatic rings. The minimum Gasteiger partial charge on any atom is -0.497 e. The summed E-state index contributed by atoms with van der Waals surface area (Å²) >= 11 is 0. The van der Waals surface area contributed by atoms with Crippen LogP contribution in [0.1, 0.15) is 23.0 Å². The van der Waals surface area contributed by atoms with Crippen molar-refractivity contribution >= 4 is 16.9 Å². The Morgan fingerprint density at radius 2 is 2.21 bits per heavy atom. The summed E-state index contributed by atoms with van der Waals surface area (Å²) < 4.78 is 15.5. The van der Waals surface area contributed by atoms with Crippen molar-refractivity contribution in [3.63, 3.8) is 0 Å². The minimum atomic E-state index is -0.811. The molecule has 5 heteroatoms. The highest BCUT2D eigenvalue weighted by atomic mass is 16.6. The van der Waals surface area contributed by atoms with E-state index in [0.29, 0.717) is 16.9 Å². The van der Waals surface area contributed by atoms with Gasteiger partial charge >= 0.3 is 5.97 Å². The highest BCUT2D eigenvalue weighted by Crippen LogP contribution is 2.29. The van der Waals surface area contributed by atoms with Crippen molar-refractivity contribution in [1.82, 2.24) is 0 Å².